The Morgan fingerprint density at radius 2 is 1.68 bits per heavy atom. The van der Waals surface area contributed by atoms with Gasteiger partial charge in [-0.05, 0) is 86.3 Å². The Morgan fingerprint density at radius 3 is 2.44 bits per heavy atom. The second-order valence-electron chi connectivity index (χ2n) is 9.27. The highest BCUT2D eigenvalue weighted by atomic mass is 16.1. The fraction of sp³-hybridized carbons (Fsp3) is 0.259. The maximum Gasteiger partial charge on any atom is 0.323 e. The van der Waals surface area contributed by atoms with Crippen molar-refractivity contribution in [2.45, 2.75) is 46.8 Å². The van der Waals surface area contributed by atoms with E-state index in [2.05, 4.69) is 63.1 Å². The van der Waals surface area contributed by atoms with E-state index in [-0.39, 0.29) is 11.2 Å². The highest BCUT2D eigenvalue weighted by Crippen LogP contribution is 2.31. The van der Waals surface area contributed by atoms with Gasteiger partial charge in [0.25, 0.3) is 5.56 Å². The number of pyridine rings is 1. The molecule has 0 radical (unpaired) electrons. The monoisotopic (exact) mass is 455 g/mol. The molecule has 5 rings (SSSR count). The van der Waals surface area contributed by atoms with Crippen LogP contribution in [0.25, 0.3) is 33.1 Å². The summed E-state index contributed by atoms with van der Waals surface area (Å²) in [7, 11) is 0. The third-order valence-electron chi connectivity index (χ3n) is 6.44. The number of benzene rings is 2. The quantitative estimate of drug-likeness (QED) is 0.300. The van der Waals surface area contributed by atoms with Gasteiger partial charge >= 0.3 is 5.69 Å². The molecule has 174 valence electrons. The molecule has 4 N–H and O–H groups in total. The lowest BCUT2D eigenvalue weighted by Crippen LogP contribution is -2.22. The smallest absolute Gasteiger partial charge is 0.323 e. The molecule has 7 nitrogen and oxygen atoms in total. The van der Waals surface area contributed by atoms with Gasteiger partial charge in [0.1, 0.15) is 0 Å². The number of hydrogen-bond donors (Lipinski definition) is 4. The maximum absolute atomic E-state index is 12.4. The first-order valence-electron chi connectivity index (χ1n) is 11.6. The number of H-pyrrole nitrogens is 3. The number of aromatic amines is 3. The second kappa shape index (κ2) is 8.50. The summed E-state index contributed by atoms with van der Waals surface area (Å²) in [5.41, 5.74) is 8.41. The molecule has 7 heteroatoms. The molecule has 0 aliphatic heterocycles. The maximum atomic E-state index is 12.4. The zero-order valence-corrected chi connectivity index (χ0v) is 19.9. The Hall–Kier alpha value is -3.84. The van der Waals surface area contributed by atoms with Crippen molar-refractivity contribution in [3.05, 3.63) is 91.9 Å². The van der Waals surface area contributed by atoms with Gasteiger partial charge in [-0.3, -0.25) is 4.79 Å². The van der Waals surface area contributed by atoms with Crippen LogP contribution < -0.4 is 16.6 Å². The molecule has 3 heterocycles. The lowest BCUT2D eigenvalue weighted by molar-refractivity contribution is 0.623. The van der Waals surface area contributed by atoms with Gasteiger partial charge in [0, 0.05) is 47.5 Å². The second-order valence-corrected chi connectivity index (χ2v) is 9.27. The van der Waals surface area contributed by atoms with Gasteiger partial charge in [-0.2, -0.15) is 0 Å². The van der Waals surface area contributed by atoms with Crippen molar-refractivity contribution in [1.29, 1.82) is 0 Å². The Morgan fingerprint density at radius 1 is 0.882 bits per heavy atom. The molecule has 0 fully saturated rings. The molecule has 0 saturated carbocycles. The van der Waals surface area contributed by atoms with Gasteiger partial charge in [0.05, 0.1) is 11.0 Å². The molecule has 3 aromatic heterocycles. The molecular formula is C27H29N5O2. The Bertz CT molecular complexity index is 1630. The highest BCUT2D eigenvalue weighted by Gasteiger charge is 2.13. The average Bonchev–Trinajstić information content (AvgIpc) is 3.37. The summed E-state index contributed by atoms with van der Waals surface area (Å²) in [5, 5.41) is 4.67. The van der Waals surface area contributed by atoms with Crippen LogP contribution in [0.5, 0.6) is 0 Å². The molecule has 0 saturated heterocycles. The first-order valence-corrected chi connectivity index (χ1v) is 11.6. The minimum absolute atomic E-state index is 0.0383. The van der Waals surface area contributed by atoms with E-state index >= 15 is 0 Å². The summed E-state index contributed by atoms with van der Waals surface area (Å²) in [4.78, 5) is 32.7. The van der Waals surface area contributed by atoms with Crippen molar-refractivity contribution >= 4 is 21.9 Å². The number of nitrogens with zero attached hydrogens (tertiary/aromatic N) is 1. The highest BCUT2D eigenvalue weighted by molar-refractivity contribution is 5.90. The standard InChI is InChI=1S/C27H29N5O2/c1-15(2)32-8-7-21-20(13-28-14-22-16(3)9-17(4)29-26(22)33)10-19(12-25(21)32)18-5-6-23-24(11-18)31-27(34)30-23/h5-12,15,28H,13-14H2,1-4H3,(H,29,33)(H2,30,31,34). The number of aromatic nitrogens is 4. The van der Waals surface area contributed by atoms with Crippen LogP contribution in [0, 0.1) is 13.8 Å². The van der Waals surface area contributed by atoms with Crippen LogP contribution in [0.3, 0.4) is 0 Å². The Balaban J connectivity index is 1.54. The van der Waals surface area contributed by atoms with Gasteiger partial charge in [-0.15, -0.1) is 0 Å². The minimum Gasteiger partial charge on any atom is -0.345 e. The lowest BCUT2D eigenvalue weighted by Gasteiger charge is -2.14. The average molecular weight is 456 g/mol. The molecule has 0 atom stereocenters. The summed E-state index contributed by atoms with van der Waals surface area (Å²) >= 11 is 0. The summed E-state index contributed by atoms with van der Waals surface area (Å²) in [6.07, 6.45) is 2.13. The fourth-order valence-electron chi connectivity index (χ4n) is 4.74. The van der Waals surface area contributed by atoms with Crippen LogP contribution in [0.1, 0.15) is 42.3 Å². The van der Waals surface area contributed by atoms with Crippen molar-refractivity contribution in [2.75, 3.05) is 0 Å². The predicted octanol–water partition coefficient (Wildman–Crippen LogP) is 4.65. The van der Waals surface area contributed by atoms with Crippen LogP contribution in [-0.4, -0.2) is 19.5 Å². The summed E-state index contributed by atoms with van der Waals surface area (Å²) < 4.78 is 2.27. The Labute approximate surface area is 196 Å². The third-order valence-corrected chi connectivity index (χ3v) is 6.44. The van der Waals surface area contributed by atoms with Crippen molar-refractivity contribution in [2.24, 2.45) is 0 Å². The van der Waals surface area contributed by atoms with E-state index in [1.54, 1.807) is 0 Å². The van der Waals surface area contributed by atoms with Crippen molar-refractivity contribution in [3.8, 4) is 11.1 Å². The van der Waals surface area contributed by atoms with Gasteiger partial charge in [-0.25, -0.2) is 4.79 Å². The molecule has 0 aliphatic carbocycles. The molecule has 5 aromatic rings. The van der Waals surface area contributed by atoms with Crippen LogP contribution in [0.2, 0.25) is 0 Å². The summed E-state index contributed by atoms with van der Waals surface area (Å²) in [5.74, 6) is 0. The van der Waals surface area contributed by atoms with E-state index in [9.17, 15) is 9.59 Å². The normalized spacial score (nSPS) is 11.8. The SMILES string of the molecule is Cc1cc(C)c(CNCc2cc(-c3ccc4[nH]c(=O)[nH]c4c3)cc3c2ccn3C(C)C)c(=O)[nH]1. The summed E-state index contributed by atoms with van der Waals surface area (Å²) in [6, 6.07) is 14.8. The van der Waals surface area contributed by atoms with Crippen LogP contribution >= 0.6 is 0 Å². The van der Waals surface area contributed by atoms with E-state index in [0.29, 0.717) is 19.1 Å². The number of aryl methyl sites for hydroxylation is 2. The van der Waals surface area contributed by atoms with Crippen molar-refractivity contribution in [3.63, 3.8) is 0 Å². The molecule has 0 spiro atoms. The number of imidazole rings is 1. The fourth-order valence-corrected chi connectivity index (χ4v) is 4.74. The van der Waals surface area contributed by atoms with Gasteiger partial charge in [0.15, 0.2) is 0 Å². The number of hydrogen-bond acceptors (Lipinski definition) is 3. The molecule has 0 amide bonds. The first-order chi connectivity index (χ1) is 16.3. The van der Waals surface area contributed by atoms with Gasteiger partial charge in [-0.1, -0.05) is 6.07 Å². The van der Waals surface area contributed by atoms with Crippen LogP contribution in [-0.2, 0) is 13.1 Å². The third kappa shape index (κ3) is 3.99. The molecule has 2 aromatic carbocycles. The molecule has 0 aliphatic rings. The van der Waals surface area contributed by atoms with Crippen molar-refractivity contribution in [1.82, 2.24) is 24.8 Å². The van der Waals surface area contributed by atoms with E-state index in [0.717, 1.165) is 50.1 Å². The number of fused-ring (bicyclic) bond motifs is 2. The largest absolute Gasteiger partial charge is 0.345 e. The topological polar surface area (TPSA) is 98.5 Å². The minimum atomic E-state index is -0.206. The predicted molar refractivity (Wildman–Crippen MR) is 137 cm³/mol. The lowest BCUT2D eigenvalue weighted by atomic mass is 9.99. The zero-order valence-electron chi connectivity index (χ0n) is 19.9. The van der Waals surface area contributed by atoms with Crippen molar-refractivity contribution < 1.29 is 0 Å². The van der Waals surface area contributed by atoms with Gasteiger partial charge in [0.2, 0.25) is 0 Å². The molecule has 34 heavy (non-hydrogen) atoms. The molecule has 0 bridgehead atoms. The van der Waals surface area contributed by atoms with E-state index < -0.39 is 0 Å². The van der Waals surface area contributed by atoms with E-state index in [4.69, 9.17) is 0 Å². The van der Waals surface area contributed by atoms with E-state index in [1.807, 2.05) is 38.1 Å². The number of rotatable bonds is 6. The van der Waals surface area contributed by atoms with Gasteiger partial charge < -0.3 is 24.8 Å². The number of nitrogens with one attached hydrogen (secondary N) is 4. The Kier molecular flexibility index (Phi) is 5.49. The summed E-state index contributed by atoms with van der Waals surface area (Å²) in [6.45, 7) is 9.34. The molecular weight excluding hydrogens is 426 g/mol. The van der Waals surface area contributed by atoms with E-state index in [1.165, 1.54) is 5.39 Å². The zero-order chi connectivity index (χ0) is 24.0. The van der Waals surface area contributed by atoms with Crippen LogP contribution in [0.15, 0.2) is 58.3 Å². The first kappa shape index (κ1) is 22.0. The molecule has 0 unspecified atom stereocenters. The van der Waals surface area contributed by atoms with Crippen LogP contribution in [0.4, 0.5) is 0 Å².